The minimum Gasteiger partial charge on any atom is -0.480 e. The van der Waals surface area contributed by atoms with E-state index >= 15 is 0 Å². The van der Waals surface area contributed by atoms with Crippen molar-refractivity contribution in [2.24, 2.45) is 0 Å². The molecule has 4 nitrogen and oxygen atoms in total. The molecule has 0 amide bonds. The third-order valence-electron chi connectivity index (χ3n) is 2.65. The lowest BCUT2D eigenvalue weighted by Crippen LogP contribution is -2.49. The predicted octanol–water partition coefficient (Wildman–Crippen LogP) is 0.487. The summed E-state index contributed by atoms with van der Waals surface area (Å²) >= 11 is 0. The molecule has 1 aliphatic heterocycles. The van der Waals surface area contributed by atoms with Crippen molar-refractivity contribution in [2.45, 2.75) is 25.3 Å². The first-order valence-electron chi connectivity index (χ1n) is 5.23. The van der Waals surface area contributed by atoms with Crippen molar-refractivity contribution < 1.29 is 9.90 Å². The van der Waals surface area contributed by atoms with E-state index in [1.54, 1.807) is 0 Å². The molecule has 0 aliphatic carbocycles. The Morgan fingerprint density at radius 2 is 1.93 bits per heavy atom. The number of hydrogen-bond acceptors (Lipinski definition) is 3. The lowest BCUT2D eigenvalue weighted by atomic mass is 10.1. The van der Waals surface area contributed by atoms with Crippen LogP contribution in [0.2, 0.25) is 0 Å². The van der Waals surface area contributed by atoms with Gasteiger partial charge < -0.3 is 10.0 Å². The fourth-order valence-corrected chi connectivity index (χ4v) is 1.93. The molecule has 0 spiro atoms. The summed E-state index contributed by atoms with van der Waals surface area (Å²) in [5.41, 5.74) is 0. The second-order valence-electron chi connectivity index (χ2n) is 4.21. The maximum Gasteiger partial charge on any atom is 0.322 e. The van der Waals surface area contributed by atoms with E-state index in [0.29, 0.717) is 6.54 Å². The lowest BCUT2D eigenvalue weighted by molar-refractivity contribution is -0.144. The van der Waals surface area contributed by atoms with Gasteiger partial charge in [-0.1, -0.05) is 6.42 Å². The van der Waals surface area contributed by atoms with Gasteiger partial charge in [0, 0.05) is 6.54 Å². The first-order chi connectivity index (χ1) is 6.61. The zero-order valence-electron chi connectivity index (χ0n) is 9.07. The van der Waals surface area contributed by atoms with Crippen molar-refractivity contribution in [3.8, 4) is 0 Å². The van der Waals surface area contributed by atoms with Crippen LogP contribution in [-0.2, 0) is 4.79 Å². The Bertz CT molecular complexity index is 189. The number of piperidine rings is 1. The summed E-state index contributed by atoms with van der Waals surface area (Å²) in [6, 6.07) is -0.328. The number of carboxylic acids is 1. The molecule has 0 aromatic rings. The molecule has 1 saturated heterocycles. The van der Waals surface area contributed by atoms with Crippen LogP contribution >= 0.6 is 0 Å². The molecule has 1 fully saturated rings. The average molecular weight is 200 g/mol. The monoisotopic (exact) mass is 200 g/mol. The number of likely N-dealkylation sites (tertiary alicyclic amines) is 1. The summed E-state index contributed by atoms with van der Waals surface area (Å²) in [5, 5.41) is 9.11. The Morgan fingerprint density at radius 1 is 1.36 bits per heavy atom. The van der Waals surface area contributed by atoms with Crippen LogP contribution in [-0.4, -0.2) is 60.6 Å². The zero-order valence-corrected chi connectivity index (χ0v) is 9.07. The Balaban J connectivity index is 2.51. The van der Waals surface area contributed by atoms with E-state index in [1.807, 2.05) is 19.0 Å². The standard InChI is InChI=1S/C10H20N2O2/c1-11(2)8-9(10(13)14)12-6-4-3-5-7-12/h9H,3-8H2,1-2H3,(H,13,14). The lowest BCUT2D eigenvalue weighted by Gasteiger charge is -2.33. The molecule has 1 atom stereocenters. The fraction of sp³-hybridized carbons (Fsp3) is 0.900. The number of likely N-dealkylation sites (N-methyl/N-ethyl adjacent to an activating group) is 1. The fourth-order valence-electron chi connectivity index (χ4n) is 1.93. The molecule has 14 heavy (non-hydrogen) atoms. The predicted molar refractivity (Wildman–Crippen MR) is 55.4 cm³/mol. The molecule has 1 N–H and O–H groups in total. The minimum absolute atomic E-state index is 0.328. The summed E-state index contributed by atoms with van der Waals surface area (Å²) in [6.45, 7) is 2.48. The maximum absolute atomic E-state index is 11.1. The number of carboxylic acid groups (broad SMARTS) is 1. The van der Waals surface area contributed by atoms with Gasteiger partial charge in [0.25, 0.3) is 0 Å². The molecular formula is C10H20N2O2. The third-order valence-corrected chi connectivity index (χ3v) is 2.65. The van der Waals surface area contributed by atoms with E-state index < -0.39 is 5.97 Å². The van der Waals surface area contributed by atoms with Crippen LogP contribution in [0.15, 0.2) is 0 Å². The SMILES string of the molecule is CN(C)CC(C(=O)O)N1CCCCC1. The topological polar surface area (TPSA) is 43.8 Å². The second kappa shape index (κ2) is 5.32. The van der Waals surface area contributed by atoms with Crippen LogP contribution in [0.25, 0.3) is 0 Å². The van der Waals surface area contributed by atoms with Gasteiger partial charge >= 0.3 is 5.97 Å². The van der Waals surface area contributed by atoms with Crippen LogP contribution in [0.4, 0.5) is 0 Å². The van der Waals surface area contributed by atoms with Crippen LogP contribution in [0.5, 0.6) is 0 Å². The van der Waals surface area contributed by atoms with E-state index in [1.165, 1.54) is 6.42 Å². The second-order valence-corrected chi connectivity index (χ2v) is 4.21. The normalized spacial score (nSPS) is 21.1. The molecule has 1 aliphatic rings. The van der Waals surface area contributed by atoms with E-state index in [9.17, 15) is 4.79 Å². The molecule has 82 valence electrons. The van der Waals surface area contributed by atoms with Gasteiger partial charge in [-0.3, -0.25) is 9.69 Å². The van der Waals surface area contributed by atoms with Gasteiger partial charge in [0.05, 0.1) is 0 Å². The summed E-state index contributed by atoms with van der Waals surface area (Å²) in [4.78, 5) is 15.1. The molecular weight excluding hydrogens is 180 g/mol. The molecule has 0 aromatic carbocycles. The number of aliphatic carboxylic acids is 1. The number of rotatable bonds is 4. The molecule has 0 saturated carbocycles. The van der Waals surface area contributed by atoms with Crippen molar-refractivity contribution in [3.05, 3.63) is 0 Å². The summed E-state index contributed by atoms with van der Waals surface area (Å²) in [5.74, 6) is -0.694. The van der Waals surface area contributed by atoms with Crippen LogP contribution in [0.1, 0.15) is 19.3 Å². The highest BCUT2D eigenvalue weighted by atomic mass is 16.4. The Hall–Kier alpha value is -0.610. The highest BCUT2D eigenvalue weighted by molar-refractivity contribution is 5.73. The quantitative estimate of drug-likeness (QED) is 0.717. The molecule has 1 rings (SSSR count). The van der Waals surface area contributed by atoms with E-state index in [-0.39, 0.29) is 6.04 Å². The molecule has 0 radical (unpaired) electrons. The Morgan fingerprint density at radius 3 is 2.36 bits per heavy atom. The highest BCUT2D eigenvalue weighted by Gasteiger charge is 2.26. The molecule has 1 unspecified atom stereocenters. The minimum atomic E-state index is -0.694. The van der Waals surface area contributed by atoms with Crippen molar-refractivity contribution in [1.29, 1.82) is 0 Å². The van der Waals surface area contributed by atoms with Gasteiger partial charge in [-0.05, 0) is 40.0 Å². The summed E-state index contributed by atoms with van der Waals surface area (Å²) in [7, 11) is 3.83. The van der Waals surface area contributed by atoms with Crippen LogP contribution in [0, 0.1) is 0 Å². The van der Waals surface area contributed by atoms with Crippen molar-refractivity contribution in [1.82, 2.24) is 9.80 Å². The number of carbonyl (C=O) groups is 1. The highest BCUT2D eigenvalue weighted by Crippen LogP contribution is 2.12. The average Bonchev–Trinajstić information content (AvgIpc) is 2.15. The van der Waals surface area contributed by atoms with Crippen molar-refractivity contribution in [2.75, 3.05) is 33.7 Å². The smallest absolute Gasteiger partial charge is 0.322 e. The molecule has 0 bridgehead atoms. The number of hydrogen-bond donors (Lipinski definition) is 1. The maximum atomic E-state index is 11.1. The van der Waals surface area contributed by atoms with Gasteiger partial charge in [-0.25, -0.2) is 0 Å². The van der Waals surface area contributed by atoms with E-state index in [4.69, 9.17) is 5.11 Å². The molecule has 1 heterocycles. The van der Waals surface area contributed by atoms with Gasteiger partial charge in [0.2, 0.25) is 0 Å². The third kappa shape index (κ3) is 3.27. The van der Waals surface area contributed by atoms with Crippen molar-refractivity contribution >= 4 is 5.97 Å². The van der Waals surface area contributed by atoms with Crippen LogP contribution < -0.4 is 0 Å². The Labute approximate surface area is 85.5 Å². The first kappa shape index (κ1) is 11.5. The van der Waals surface area contributed by atoms with Crippen molar-refractivity contribution in [3.63, 3.8) is 0 Å². The summed E-state index contributed by atoms with van der Waals surface area (Å²) in [6.07, 6.45) is 3.51. The number of nitrogens with zero attached hydrogens (tertiary/aromatic N) is 2. The zero-order chi connectivity index (χ0) is 10.6. The van der Waals surface area contributed by atoms with Gasteiger partial charge in [0.1, 0.15) is 6.04 Å². The van der Waals surface area contributed by atoms with Gasteiger partial charge in [-0.15, -0.1) is 0 Å². The van der Waals surface area contributed by atoms with E-state index in [0.717, 1.165) is 25.9 Å². The first-order valence-corrected chi connectivity index (χ1v) is 5.23. The Kier molecular flexibility index (Phi) is 4.35. The van der Waals surface area contributed by atoms with E-state index in [2.05, 4.69) is 4.90 Å². The summed E-state index contributed by atoms with van der Waals surface area (Å²) < 4.78 is 0. The van der Waals surface area contributed by atoms with Crippen LogP contribution in [0.3, 0.4) is 0 Å². The van der Waals surface area contributed by atoms with Gasteiger partial charge in [0.15, 0.2) is 0 Å². The molecule has 4 heteroatoms. The largest absolute Gasteiger partial charge is 0.480 e. The van der Waals surface area contributed by atoms with Gasteiger partial charge in [-0.2, -0.15) is 0 Å². The molecule has 0 aromatic heterocycles.